The summed E-state index contributed by atoms with van der Waals surface area (Å²) in [6, 6.07) is 0. The molecule has 1 aromatic heterocycles. The molecule has 4 heteroatoms. The van der Waals surface area contributed by atoms with Crippen molar-refractivity contribution < 1.29 is 9.21 Å². The molecule has 1 aliphatic rings. The third-order valence-corrected chi connectivity index (χ3v) is 2.97. The molecule has 0 atom stereocenters. The van der Waals surface area contributed by atoms with Crippen LogP contribution in [-0.2, 0) is 11.2 Å². The van der Waals surface area contributed by atoms with Crippen LogP contribution in [0, 0.1) is 6.92 Å². The lowest BCUT2D eigenvalue weighted by Crippen LogP contribution is -2.35. The van der Waals surface area contributed by atoms with Crippen molar-refractivity contribution in [2.24, 2.45) is 0 Å². The Kier molecular flexibility index (Phi) is 3.59. The van der Waals surface area contributed by atoms with E-state index in [1.165, 1.54) is 6.42 Å². The molecule has 1 aromatic rings. The van der Waals surface area contributed by atoms with Gasteiger partial charge in [0.25, 0.3) is 0 Å². The fourth-order valence-corrected chi connectivity index (χ4v) is 2.06. The maximum atomic E-state index is 11.8. The van der Waals surface area contributed by atoms with E-state index in [2.05, 4.69) is 4.98 Å². The summed E-state index contributed by atoms with van der Waals surface area (Å²) in [6.45, 7) is 3.67. The molecule has 0 radical (unpaired) electrons. The molecule has 2 rings (SSSR count). The van der Waals surface area contributed by atoms with Crippen molar-refractivity contribution in [3.05, 3.63) is 17.8 Å². The predicted molar refractivity (Wildman–Crippen MR) is 60.0 cm³/mol. The topological polar surface area (TPSA) is 46.3 Å². The van der Waals surface area contributed by atoms with E-state index in [1.54, 1.807) is 6.26 Å². The lowest BCUT2D eigenvalue weighted by Gasteiger charge is -2.26. The summed E-state index contributed by atoms with van der Waals surface area (Å²) in [5.41, 5.74) is 0.878. The first-order chi connectivity index (χ1) is 7.75. The van der Waals surface area contributed by atoms with E-state index < -0.39 is 0 Å². The van der Waals surface area contributed by atoms with Crippen LogP contribution in [0.25, 0.3) is 0 Å². The van der Waals surface area contributed by atoms with Gasteiger partial charge in [0.2, 0.25) is 5.91 Å². The Hall–Kier alpha value is -1.32. The van der Waals surface area contributed by atoms with Gasteiger partial charge < -0.3 is 9.32 Å². The van der Waals surface area contributed by atoms with E-state index in [4.69, 9.17) is 4.42 Å². The number of nitrogens with zero attached hydrogens (tertiary/aromatic N) is 2. The Labute approximate surface area is 95.6 Å². The molecule has 0 aliphatic carbocycles. The van der Waals surface area contributed by atoms with Crippen molar-refractivity contribution in [3.63, 3.8) is 0 Å². The molecule has 1 aliphatic heterocycles. The number of likely N-dealkylation sites (tertiary alicyclic amines) is 1. The number of amides is 1. The average molecular weight is 222 g/mol. The van der Waals surface area contributed by atoms with Gasteiger partial charge in [-0.2, -0.15) is 0 Å². The van der Waals surface area contributed by atoms with E-state index in [0.29, 0.717) is 18.7 Å². The minimum Gasteiger partial charge on any atom is -0.449 e. The van der Waals surface area contributed by atoms with E-state index >= 15 is 0 Å². The van der Waals surface area contributed by atoms with E-state index in [-0.39, 0.29) is 5.91 Å². The van der Waals surface area contributed by atoms with Crippen LogP contribution >= 0.6 is 0 Å². The van der Waals surface area contributed by atoms with Gasteiger partial charge in [-0.25, -0.2) is 4.98 Å². The van der Waals surface area contributed by atoms with Gasteiger partial charge in [0, 0.05) is 32.9 Å². The fourth-order valence-electron chi connectivity index (χ4n) is 2.06. The first-order valence-corrected chi connectivity index (χ1v) is 5.94. The van der Waals surface area contributed by atoms with Crippen LogP contribution in [0.4, 0.5) is 0 Å². The highest BCUT2D eigenvalue weighted by atomic mass is 16.3. The molecule has 0 aromatic carbocycles. The highest BCUT2D eigenvalue weighted by molar-refractivity contribution is 5.76. The van der Waals surface area contributed by atoms with Gasteiger partial charge >= 0.3 is 0 Å². The predicted octanol–water partition coefficient (Wildman–Crippen LogP) is 1.93. The summed E-state index contributed by atoms with van der Waals surface area (Å²) in [5.74, 6) is 0.917. The van der Waals surface area contributed by atoms with Crippen LogP contribution in [0.1, 0.15) is 37.3 Å². The fraction of sp³-hybridized carbons (Fsp3) is 0.667. The number of oxazole rings is 1. The third kappa shape index (κ3) is 2.84. The average Bonchev–Trinajstić information content (AvgIpc) is 2.73. The minimum absolute atomic E-state index is 0.250. The van der Waals surface area contributed by atoms with Gasteiger partial charge in [-0.15, -0.1) is 0 Å². The molecule has 16 heavy (non-hydrogen) atoms. The largest absolute Gasteiger partial charge is 0.449 e. The first kappa shape index (κ1) is 11.2. The molecule has 0 saturated carbocycles. The zero-order chi connectivity index (χ0) is 11.4. The summed E-state index contributed by atoms with van der Waals surface area (Å²) >= 11 is 0. The van der Waals surface area contributed by atoms with Crippen molar-refractivity contribution in [2.45, 2.75) is 39.0 Å². The Morgan fingerprint density at radius 2 is 2.19 bits per heavy atom. The standard InChI is InChI=1S/C12H18N2O2/c1-10-13-11(9-16-10)5-6-12(15)14-7-3-2-4-8-14/h9H,2-8H2,1H3. The second kappa shape index (κ2) is 5.14. The van der Waals surface area contributed by atoms with Crippen molar-refractivity contribution in [3.8, 4) is 0 Å². The van der Waals surface area contributed by atoms with Crippen molar-refractivity contribution >= 4 is 5.91 Å². The number of carbonyl (C=O) groups excluding carboxylic acids is 1. The molecule has 0 unspecified atom stereocenters. The molecule has 0 bridgehead atoms. The number of aromatic nitrogens is 1. The summed E-state index contributed by atoms with van der Waals surface area (Å²) in [4.78, 5) is 18.0. The Morgan fingerprint density at radius 1 is 1.44 bits per heavy atom. The van der Waals surface area contributed by atoms with Crippen molar-refractivity contribution in [1.82, 2.24) is 9.88 Å². The molecule has 1 amide bonds. The van der Waals surface area contributed by atoms with E-state index in [1.807, 2.05) is 11.8 Å². The minimum atomic E-state index is 0.250. The lowest BCUT2D eigenvalue weighted by molar-refractivity contribution is -0.132. The Bertz CT molecular complexity index is 354. The summed E-state index contributed by atoms with van der Waals surface area (Å²) < 4.78 is 5.11. The smallest absolute Gasteiger partial charge is 0.222 e. The van der Waals surface area contributed by atoms with E-state index in [0.717, 1.165) is 31.6 Å². The Balaban J connectivity index is 1.78. The van der Waals surface area contributed by atoms with E-state index in [9.17, 15) is 4.79 Å². The molecule has 1 fully saturated rings. The second-order valence-corrected chi connectivity index (χ2v) is 4.30. The van der Waals surface area contributed by atoms with Gasteiger partial charge in [0.05, 0.1) is 5.69 Å². The third-order valence-electron chi connectivity index (χ3n) is 2.97. The van der Waals surface area contributed by atoms with Crippen LogP contribution in [-0.4, -0.2) is 28.9 Å². The molecular formula is C12H18N2O2. The zero-order valence-corrected chi connectivity index (χ0v) is 9.74. The van der Waals surface area contributed by atoms with Crippen molar-refractivity contribution in [2.75, 3.05) is 13.1 Å². The zero-order valence-electron chi connectivity index (χ0n) is 9.74. The normalized spacial score (nSPS) is 16.4. The molecular weight excluding hydrogens is 204 g/mol. The van der Waals surface area contributed by atoms with Crippen LogP contribution in [0.5, 0.6) is 0 Å². The first-order valence-electron chi connectivity index (χ1n) is 5.94. The lowest BCUT2D eigenvalue weighted by atomic mass is 10.1. The van der Waals surface area contributed by atoms with Gasteiger partial charge in [-0.3, -0.25) is 4.79 Å². The van der Waals surface area contributed by atoms with Crippen LogP contribution in [0.2, 0.25) is 0 Å². The maximum absolute atomic E-state index is 11.8. The maximum Gasteiger partial charge on any atom is 0.222 e. The highest BCUT2D eigenvalue weighted by Crippen LogP contribution is 2.11. The van der Waals surface area contributed by atoms with Crippen molar-refractivity contribution in [1.29, 1.82) is 0 Å². The second-order valence-electron chi connectivity index (χ2n) is 4.30. The number of aryl methyl sites for hydroxylation is 2. The monoisotopic (exact) mass is 222 g/mol. The van der Waals surface area contributed by atoms with Crippen LogP contribution in [0.3, 0.4) is 0 Å². The number of piperidine rings is 1. The number of hydrogen-bond donors (Lipinski definition) is 0. The molecule has 0 N–H and O–H groups in total. The van der Waals surface area contributed by atoms with Crippen LogP contribution < -0.4 is 0 Å². The van der Waals surface area contributed by atoms with Gasteiger partial charge in [0.15, 0.2) is 5.89 Å². The van der Waals surface area contributed by atoms with Gasteiger partial charge in [-0.05, 0) is 19.3 Å². The van der Waals surface area contributed by atoms with Crippen LogP contribution in [0.15, 0.2) is 10.7 Å². The Morgan fingerprint density at radius 3 is 2.81 bits per heavy atom. The molecule has 2 heterocycles. The summed E-state index contributed by atoms with van der Waals surface area (Å²) in [7, 11) is 0. The summed E-state index contributed by atoms with van der Waals surface area (Å²) in [6.07, 6.45) is 6.42. The summed E-state index contributed by atoms with van der Waals surface area (Å²) in [5, 5.41) is 0. The molecule has 88 valence electrons. The highest BCUT2D eigenvalue weighted by Gasteiger charge is 2.16. The number of rotatable bonds is 3. The SMILES string of the molecule is Cc1nc(CCC(=O)N2CCCCC2)co1. The number of carbonyl (C=O) groups is 1. The number of hydrogen-bond acceptors (Lipinski definition) is 3. The molecule has 1 saturated heterocycles. The molecule has 4 nitrogen and oxygen atoms in total. The van der Waals surface area contributed by atoms with Gasteiger partial charge in [-0.1, -0.05) is 0 Å². The quantitative estimate of drug-likeness (QED) is 0.785. The van der Waals surface area contributed by atoms with Gasteiger partial charge in [0.1, 0.15) is 6.26 Å². The molecule has 0 spiro atoms.